The van der Waals surface area contributed by atoms with Gasteiger partial charge < -0.3 is 15.2 Å². The number of allylic oxidation sites excluding steroid dienone is 2. The Morgan fingerprint density at radius 1 is 1.21 bits per heavy atom. The Morgan fingerprint density at radius 3 is 2.54 bits per heavy atom. The zero-order chi connectivity index (χ0) is 17.3. The minimum Gasteiger partial charge on any atom is -0.491 e. The summed E-state index contributed by atoms with van der Waals surface area (Å²) in [6.07, 6.45) is 4.67. The van der Waals surface area contributed by atoms with Crippen molar-refractivity contribution in [2.75, 3.05) is 11.9 Å². The van der Waals surface area contributed by atoms with Crippen molar-refractivity contribution in [3.8, 4) is 5.75 Å². The number of carboxylic acids is 1. The molecule has 4 unspecified atom stereocenters. The van der Waals surface area contributed by atoms with Crippen LogP contribution in [-0.4, -0.2) is 23.6 Å². The van der Waals surface area contributed by atoms with Gasteiger partial charge in [0, 0.05) is 0 Å². The SMILES string of the molecule is CC(C)COc1ccccc1NC(=O)C1C2C=CC(C2)C1C(=O)O. The second kappa shape index (κ2) is 6.67. The van der Waals surface area contributed by atoms with Crippen LogP contribution < -0.4 is 10.1 Å². The third-order valence-corrected chi connectivity index (χ3v) is 4.76. The lowest BCUT2D eigenvalue weighted by molar-refractivity contribution is -0.146. The number of hydrogen-bond donors (Lipinski definition) is 2. The number of amides is 1. The highest BCUT2D eigenvalue weighted by molar-refractivity contribution is 5.97. The van der Waals surface area contributed by atoms with Crippen LogP contribution in [0.25, 0.3) is 0 Å². The second-order valence-electron chi connectivity index (χ2n) is 7.03. The van der Waals surface area contributed by atoms with Gasteiger partial charge in [-0.3, -0.25) is 9.59 Å². The van der Waals surface area contributed by atoms with E-state index >= 15 is 0 Å². The van der Waals surface area contributed by atoms with Crippen molar-refractivity contribution in [1.29, 1.82) is 0 Å². The Morgan fingerprint density at radius 2 is 1.88 bits per heavy atom. The van der Waals surface area contributed by atoms with E-state index in [0.717, 1.165) is 6.42 Å². The van der Waals surface area contributed by atoms with Crippen molar-refractivity contribution < 1.29 is 19.4 Å². The summed E-state index contributed by atoms with van der Waals surface area (Å²) in [7, 11) is 0. The molecule has 3 rings (SSSR count). The van der Waals surface area contributed by atoms with Crippen LogP contribution in [0.1, 0.15) is 20.3 Å². The Labute approximate surface area is 141 Å². The number of rotatable bonds is 6. The largest absolute Gasteiger partial charge is 0.491 e. The van der Waals surface area contributed by atoms with Gasteiger partial charge in [-0.05, 0) is 36.3 Å². The van der Waals surface area contributed by atoms with E-state index in [2.05, 4.69) is 19.2 Å². The fourth-order valence-electron chi connectivity index (χ4n) is 3.68. The van der Waals surface area contributed by atoms with E-state index in [1.165, 1.54) is 0 Å². The quantitative estimate of drug-likeness (QED) is 0.786. The first-order chi connectivity index (χ1) is 11.5. The predicted molar refractivity (Wildman–Crippen MR) is 90.8 cm³/mol. The molecule has 4 atom stereocenters. The number of fused-ring (bicyclic) bond motifs is 2. The van der Waals surface area contributed by atoms with E-state index in [4.69, 9.17) is 4.74 Å². The summed E-state index contributed by atoms with van der Waals surface area (Å²) in [6, 6.07) is 7.28. The van der Waals surface area contributed by atoms with Gasteiger partial charge in [0.2, 0.25) is 5.91 Å². The number of anilines is 1. The third-order valence-electron chi connectivity index (χ3n) is 4.76. The van der Waals surface area contributed by atoms with Gasteiger partial charge in [0.25, 0.3) is 0 Å². The van der Waals surface area contributed by atoms with Crippen molar-refractivity contribution in [3.63, 3.8) is 0 Å². The number of carbonyl (C=O) groups excluding carboxylic acids is 1. The smallest absolute Gasteiger partial charge is 0.307 e. The number of carboxylic acid groups (broad SMARTS) is 1. The lowest BCUT2D eigenvalue weighted by atomic mass is 9.82. The van der Waals surface area contributed by atoms with Crippen LogP contribution in [0.4, 0.5) is 5.69 Å². The molecule has 1 aromatic carbocycles. The van der Waals surface area contributed by atoms with E-state index in [9.17, 15) is 14.7 Å². The molecule has 5 nitrogen and oxygen atoms in total. The Hall–Kier alpha value is -2.30. The van der Waals surface area contributed by atoms with E-state index in [0.29, 0.717) is 24.0 Å². The molecule has 1 saturated carbocycles. The summed E-state index contributed by atoms with van der Waals surface area (Å²) in [5.41, 5.74) is 0.596. The monoisotopic (exact) mass is 329 g/mol. The molecule has 2 aliphatic rings. The topological polar surface area (TPSA) is 75.6 Å². The Bertz CT molecular complexity index is 667. The second-order valence-corrected chi connectivity index (χ2v) is 7.03. The summed E-state index contributed by atoms with van der Waals surface area (Å²) in [4.78, 5) is 24.3. The standard InChI is InChI=1S/C19H23NO4/c1-11(2)10-24-15-6-4-3-5-14(15)20-18(21)16-12-7-8-13(9-12)17(16)19(22)23/h3-8,11-13,16-17H,9-10H2,1-2H3,(H,20,21)(H,22,23). The molecule has 1 aromatic rings. The molecular formula is C19H23NO4. The number of carbonyl (C=O) groups is 2. The zero-order valence-electron chi connectivity index (χ0n) is 13.9. The average Bonchev–Trinajstić information content (AvgIpc) is 3.14. The number of hydrogen-bond acceptors (Lipinski definition) is 3. The third kappa shape index (κ3) is 3.16. The van der Waals surface area contributed by atoms with Crippen molar-refractivity contribution >= 4 is 17.6 Å². The molecule has 5 heteroatoms. The lowest BCUT2D eigenvalue weighted by Gasteiger charge is -2.24. The fourth-order valence-corrected chi connectivity index (χ4v) is 3.68. The van der Waals surface area contributed by atoms with Crippen molar-refractivity contribution in [2.24, 2.45) is 29.6 Å². The summed E-state index contributed by atoms with van der Waals surface area (Å²) in [5.74, 6) is -1.31. The highest BCUT2D eigenvalue weighted by atomic mass is 16.5. The number of para-hydroxylation sites is 2. The van der Waals surface area contributed by atoms with Crippen molar-refractivity contribution in [3.05, 3.63) is 36.4 Å². The van der Waals surface area contributed by atoms with E-state index in [1.54, 1.807) is 6.07 Å². The molecule has 0 radical (unpaired) electrons. The normalized spacial score (nSPS) is 27.5. The van der Waals surface area contributed by atoms with Crippen LogP contribution >= 0.6 is 0 Å². The molecule has 0 aliphatic heterocycles. The number of nitrogens with one attached hydrogen (secondary N) is 1. The van der Waals surface area contributed by atoms with Gasteiger partial charge in [0.1, 0.15) is 5.75 Å². The molecule has 0 saturated heterocycles. The predicted octanol–water partition coefficient (Wildman–Crippen LogP) is 3.18. The van der Waals surface area contributed by atoms with Gasteiger partial charge in [-0.2, -0.15) is 0 Å². The summed E-state index contributed by atoms with van der Waals surface area (Å²) in [5, 5.41) is 12.4. The van der Waals surface area contributed by atoms with Crippen LogP contribution in [0.3, 0.4) is 0 Å². The fraction of sp³-hybridized carbons (Fsp3) is 0.474. The summed E-state index contributed by atoms with van der Waals surface area (Å²) < 4.78 is 5.75. The lowest BCUT2D eigenvalue weighted by Crippen LogP contribution is -2.36. The van der Waals surface area contributed by atoms with Gasteiger partial charge in [-0.1, -0.05) is 38.1 Å². The van der Waals surface area contributed by atoms with Crippen molar-refractivity contribution in [2.45, 2.75) is 20.3 Å². The molecule has 2 bridgehead atoms. The van der Waals surface area contributed by atoms with Crippen LogP contribution in [0.2, 0.25) is 0 Å². The molecular weight excluding hydrogens is 306 g/mol. The molecule has 1 fully saturated rings. The number of ether oxygens (including phenoxy) is 1. The van der Waals surface area contributed by atoms with Gasteiger partial charge in [0.05, 0.1) is 24.1 Å². The van der Waals surface area contributed by atoms with Gasteiger partial charge >= 0.3 is 5.97 Å². The molecule has 2 N–H and O–H groups in total. The molecule has 24 heavy (non-hydrogen) atoms. The Kier molecular flexibility index (Phi) is 4.60. The van der Waals surface area contributed by atoms with Crippen LogP contribution in [0, 0.1) is 29.6 Å². The van der Waals surface area contributed by atoms with Gasteiger partial charge in [0.15, 0.2) is 0 Å². The average molecular weight is 329 g/mol. The maximum Gasteiger partial charge on any atom is 0.307 e. The number of benzene rings is 1. The first kappa shape index (κ1) is 16.6. The summed E-state index contributed by atoms with van der Waals surface area (Å²) >= 11 is 0. The molecule has 0 spiro atoms. The van der Waals surface area contributed by atoms with Crippen molar-refractivity contribution in [1.82, 2.24) is 0 Å². The highest BCUT2D eigenvalue weighted by Crippen LogP contribution is 2.48. The molecule has 0 aromatic heterocycles. The maximum atomic E-state index is 12.7. The van der Waals surface area contributed by atoms with E-state index in [1.807, 2.05) is 30.4 Å². The van der Waals surface area contributed by atoms with Gasteiger partial charge in [-0.25, -0.2) is 0 Å². The first-order valence-electron chi connectivity index (χ1n) is 8.41. The molecule has 0 heterocycles. The zero-order valence-corrected chi connectivity index (χ0v) is 13.9. The minimum absolute atomic E-state index is 0.0137. The van der Waals surface area contributed by atoms with Crippen LogP contribution in [-0.2, 0) is 9.59 Å². The van der Waals surface area contributed by atoms with E-state index < -0.39 is 17.8 Å². The summed E-state index contributed by atoms with van der Waals surface area (Å²) in [6.45, 7) is 4.67. The minimum atomic E-state index is -0.892. The molecule has 1 amide bonds. The van der Waals surface area contributed by atoms with E-state index in [-0.39, 0.29) is 17.7 Å². The number of aliphatic carboxylic acids is 1. The van der Waals surface area contributed by atoms with Crippen LogP contribution in [0.15, 0.2) is 36.4 Å². The molecule has 128 valence electrons. The molecule has 2 aliphatic carbocycles. The maximum absolute atomic E-state index is 12.7. The van der Waals surface area contributed by atoms with Gasteiger partial charge in [-0.15, -0.1) is 0 Å². The Balaban J connectivity index is 1.75. The first-order valence-corrected chi connectivity index (χ1v) is 8.41. The highest BCUT2D eigenvalue weighted by Gasteiger charge is 2.51. The van der Waals surface area contributed by atoms with Crippen LogP contribution in [0.5, 0.6) is 5.75 Å².